The lowest BCUT2D eigenvalue weighted by Crippen LogP contribution is -2.26. The standard InChI is InChI=1S/C25H34O3/c1-7-10-15-28-23-14-12-21(17-19(23)5)25(8-2,9-3)20-11-13-22(18(4)16-20)24(26)27-6/h11-14,16-17H,7-10,15H2,1-6H3. The Kier molecular flexibility index (Phi) is 7.68. The van der Waals surface area contributed by atoms with Crippen LogP contribution in [0.25, 0.3) is 0 Å². The Morgan fingerprint density at radius 3 is 2.04 bits per heavy atom. The second-order valence-electron chi connectivity index (χ2n) is 7.49. The van der Waals surface area contributed by atoms with E-state index >= 15 is 0 Å². The van der Waals surface area contributed by atoms with E-state index in [1.165, 1.54) is 23.8 Å². The molecule has 0 fully saturated rings. The van der Waals surface area contributed by atoms with Crippen LogP contribution in [0, 0.1) is 13.8 Å². The first-order valence-corrected chi connectivity index (χ1v) is 10.4. The van der Waals surface area contributed by atoms with Crippen LogP contribution in [0.4, 0.5) is 0 Å². The summed E-state index contributed by atoms with van der Waals surface area (Å²) >= 11 is 0. The molecule has 0 N–H and O–H groups in total. The number of carbonyl (C=O) groups excluding carboxylic acids is 1. The Morgan fingerprint density at radius 1 is 0.929 bits per heavy atom. The number of hydrogen-bond acceptors (Lipinski definition) is 3. The van der Waals surface area contributed by atoms with E-state index in [0.29, 0.717) is 5.56 Å². The van der Waals surface area contributed by atoms with Gasteiger partial charge in [-0.15, -0.1) is 0 Å². The summed E-state index contributed by atoms with van der Waals surface area (Å²) in [6.45, 7) is 11.5. The maximum atomic E-state index is 12.0. The van der Waals surface area contributed by atoms with E-state index < -0.39 is 0 Å². The molecule has 2 aromatic rings. The van der Waals surface area contributed by atoms with Crippen molar-refractivity contribution in [1.82, 2.24) is 0 Å². The monoisotopic (exact) mass is 382 g/mol. The van der Waals surface area contributed by atoms with Crippen molar-refractivity contribution in [1.29, 1.82) is 0 Å². The van der Waals surface area contributed by atoms with Gasteiger partial charge in [-0.2, -0.15) is 0 Å². The van der Waals surface area contributed by atoms with Crippen LogP contribution in [-0.2, 0) is 10.2 Å². The Bertz CT molecular complexity index is 803. The average Bonchev–Trinajstić information content (AvgIpc) is 2.70. The fraction of sp³-hybridized carbons (Fsp3) is 0.480. The molecule has 0 saturated carbocycles. The van der Waals surface area contributed by atoms with Gasteiger partial charge in [0.2, 0.25) is 0 Å². The molecule has 0 spiro atoms. The topological polar surface area (TPSA) is 35.5 Å². The van der Waals surface area contributed by atoms with Gasteiger partial charge in [0, 0.05) is 5.41 Å². The van der Waals surface area contributed by atoms with Crippen molar-refractivity contribution in [3.05, 3.63) is 64.2 Å². The summed E-state index contributed by atoms with van der Waals surface area (Å²) in [6, 6.07) is 12.7. The smallest absolute Gasteiger partial charge is 0.338 e. The molecule has 0 saturated heterocycles. The van der Waals surface area contributed by atoms with Crippen LogP contribution in [0.2, 0.25) is 0 Å². The number of aryl methyl sites for hydroxylation is 2. The largest absolute Gasteiger partial charge is 0.493 e. The molecule has 0 aromatic heterocycles. The zero-order valence-corrected chi connectivity index (χ0v) is 18.2. The third-order valence-electron chi connectivity index (χ3n) is 5.87. The minimum atomic E-state index is -0.285. The van der Waals surface area contributed by atoms with Crippen molar-refractivity contribution >= 4 is 5.97 Å². The second-order valence-corrected chi connectivity index (χ2v) is 7.49. The van der Waals surface area contributed by atoms with Crippen molar-refractivity contribution < 1.29 is 14.3 Å². The highest BCUT2D eigenvalue weighted by Crippen LogP contribution is 2.41. The first kappa shape index (κ1) is 22.0. The summed E-state index contributed by atoms with van der Waals surface area (Å²) in [5.74, 6) is 0.683. The van der Waals surface area contributed by atoms with Gasteiger partial charge in [-0.25, -0.2) is 4.79 Å². The number of esters is 1. The Morgan fingerprint density at radius 2 is 1.54 bits per heavy atom. The molecule has 0 aliphatic heterocycles. The molecule has 0 aliphatic carbocycles. The van der Waals surface area contributed by atoms with E-state index in [-0.39, 0.29) is 11.4 Å². The summed E-state index contributed by atoms with van der Waals surface area (Å²) in [5.41, 5.74) is 5.19. The Labute approximate surface area is 170 Å². The summed E-state index contributed by atoms with van der Waals surface area (Å²) in [4.78, 5) is 12.0. The molecule has 0 amide bonds. The maximum absolute atomic E-state index is 12.0. The molecule has 152 valence electrons. The van der Waals surface area contributed by atoms with E-state index in [4.69, 9.17) is 9.47 Å². The maximum Gasteiger partial charge on any atom is 0.338 e. The minimum Gasteiger partial charge on any atom is -0.493 e. The van der Waals surface area contributed by atoms with Crippen LogP contribution in [0.5, 0.6) is 5.75 Å². The molecule has 2 rings (SSSR count). The van der Waals surface area contributed by atoms with E-state index in [0.717, 1.165) is 43.6 Å². The lowest BCUT2D eigenvalue weighted by molar-refractivity contribution is 0.0600. The molecule has 3 heteroatoms. The van der Waals surface area contributed by atoms with Gasteiger partial charge in [0.15, 0.2) is 0 Å². The summed E-state index contributed by atoms with van der Waals surface area (Å²) in [7, 11) is 1.42. The number of carbonyl (C=O) groups is 1. The van der Waals surface area contributed by atoms with Crippen LogP contribution in [0.1, 0.15) is 79.1 Å². The van der Waals surface area contributed by atoms with Gasteiger partial charge in [-0.05, 0) is 67.5 Å². The zero-order chi connectivity index (χ0) is 20.7. The number of methoxy groups -OCH3 is 1. The predicted molar refractivity (Wildman–Crippen MR) is 115 cm³/mol. The lowest BCUT2D eigenvalue weighted by Gasteiger charge is -2.34. The molecule has 0 radical (unpaired) electrons. The van der Waals surface area contributed by atoms with Crippen molar-refractivity contribution in [2.75, 3.05) is 13.7 Å². The Balaban J connectivity index is 2.44. The van der Waals surface area contributed by atoms with Crippen molar-refractivity contribution in [3.8, 4) is 5.75 Å². The van der Waals surface area contributed by atoms with Crippen LogP contribution in [-0.4, -0.2) is 19.7 Å². The molecule has 0 bridgehead atoms. The zero-order valence-electron chi connectivity index (χ0n) is 18.2. The Hall–Kier alpha value is -2.29. The fourth-order valence-corrected chi connectivity index (χ4v) is 3.97. The van der Waals surface area contributed by atoms with E-state index in [9.17, 15) is 4.79 Å². The van der Waals surface area contributed by atoms with Crippen molar-refractivity contribution in [2.45, 2.75) is 65.7 Å². The summed E-state index contributed by atoms with van der Waals surface area (Å²) in [6.07, 6.45) is 4.17. The third kappa shape index (κ3) is 4.40. The first-order valence-electron chi connectivity index (χ1n) is 10.4. The molecular weight excluding hydrogens is 348 g/mol. The van der Waals surface area contributed by atoms with E-state index in [1.807, 2.05) is 13.0 Å². The molecule has 2 aromatic carbocycles. The normalized spacial score (nSPS) is 11.4. The predicted octanol–water partition coefficient (Wildman–Crippen LogP) is 6.38. The third-order valence-corrected chi connectivity index (χ3v) is 5.87. The van der Waals surface area contributed by atoms with Gasteiger partial charge in [0.25, 0.3) is 0 Å². The van der Waals surface area contributed by atoms with Crippen LogP contribution >= 0.6 is 0 Å². The minimum absolute atomic E-state index is 0.0912. The molecule has 0 unspecified atom stereocenters. The van der Waals surface area contributed by atoms with Crippen molar-refractivity contribution in [2.24, 2.45) is 0 Å². The number of hydrogen-bond donors (Lipinski definition) is 0. The summed E-state index contributed by atoms with van der Waals surface area (Å²) < 4.78 is 10.8. The molecule has 0 aliphatic rings. The number of rotatable bonds is 9. The SMILES string of the molecule is CCCCOc1ccc(C(CC)(CC)c2ccc(C(=O)OC)c(C)c2)cc1C. The van der Waals surface area contributed by atoms with Crippen LogP contribution in [0.15, 0.2) is 36.4 Å². The van der Waals surface area contributed by atoms with Gasteiger partial charge in [0.1, 0.15) is 5.75 Å². The molecule has 28 heavy (non-hydrogen) atoms. The first-order chi connectivity index (χ1) is 13.4. The van der Waals surface area contributed by atoms with Crippen LogP contribution < -0.4 is 4.74 Å². The number of ether oxygens (including phenoxy) is 2. The van der Waals surface area contributed by atoms with Crippen molar-refractivity contribution in [3.63, 3.8) is 0 Å². The van der Waals surface area contributed by atoms with Crippen LogP contribution in [0.3, 0.4) is 0 Å². The van der Waals surface area contributed by atoms with E-state index in [1.54, 1.807) is 0 Å². The summed E-state index contributed by atoms with van der Waals surface area (Å²) in [5, 5.41) is 0. The molecule has 0 heterocycles. The van der Waals surface area contributed by atoms with Gasteiger partial charge in [-0.3, -0.25) is 0 Å². The van der Waals surface area contributed by atoms with Gasteiger partial charge in [0.05, 0.1) is 19.3 Å². The van der Waals surface area contributed by atoms with Gasteiger partial charge < -0.3 is 9.47 Å². The highest BCUT2D eigenvalue weighted by molar-refractivity contribution is 5.91. The highest BCUT2D eigenvalue weighted by Gasteiger charge is 2.31. The molecule has 0 atom stereocenters. The fourth-order valence-electron chi connectivity index (χ4n) is 3.97. The van der Waals surface area contributed by atoms with Gasteiger partial charge in [-0.1, -0.05) is 51.5 Å². The van der Waals surface area contributed by atoms with E-state index in [2.05, 4.69) is 58.0 Å². The lowest BCUT2D eigenvalue weighted by atomic mass is 9.70. The second kappa shape index (κ2) is 9.77. The van der Waals surface area contributed by atoms with Gasteiger partial charge >= 0.3 is 5.97 Å². The number of benzene rings is 2. The molecular formula is C25H34O3. The average molecular weight is 383 g/mol. The molecule has 3 nitrogen and oxygen atoms in total. The quantitative estimate of drug-likeness (QED) is 0.373. The number of unbranched alkanes of at least 4 members (excludes halogenated alkanes) is 1. The highest BCUT2D eigenvalue weighted by atomic mass is 16.5.